The predicted octanol–water partition coefficient (Wildman–Crippen LogP) is 2.40. The molecule has 3 heteroatoms. The van der Waals surface area contributed by atoms with E-state index in [-0.39, 0.29) is 11.8 Å². The van der Waals surface area contributed by atoms with Crippen LogP contribution in [0, 0.1) is 5.92 Å². The number of unbranched alkanes of at least 4 members (excludes halogenated alkanes) is 3. The van der Waals surface area contributed by atoms with Crippen molar-refractivity contribution in [3.63, 3.8) is 0 Å². The lowest BCUT2D eigenvalue weighted by atomic mass is 9.90. The molecule has 1 amide bonds. The molecule has 0 aliphatic heterocycles. The number of rotatable bonds is 9. The highest BCUT2D eigenvalue weighted by atomic mass is 16.1. The number of primary amides is 1. The molecular weight excluding hydrogens is 200 g/mol. The minimum atomic E-state index is -0.142. The summed E-state index contributed by atoms with van der Waals surface area (Å²) >= 11 is 0. The van der Waals surface area contributed by atoms with Crippen molar-refractivity contribution in [2.45, 2.75) is 58.4 Å². The molecule has 0 bridgehead atoms. The van der Waals surface area contributed by atoms with Crippen LogP contribution >= 0.6 is 0 Å². The molecule has 0 aliphatic rings. The van der Waals surface area contributed by atoms with Gasteiger partial charge >= 0.3 is 0 Å². The van der Waals surface area contributed by atoms with Crippen molar-refractivity contribution in [2.24, 2.45) is 11.7 Å². The molecule has 3 nitrogen and oxygen atoms in total. The Morgan fingerprint density at radius 2 is 1.81 bits per heavy atom. The van der Waals surface area contributed by atoms with Crippen molar-refractivity contribution >= 4 is 5.91 Å². The van der Waals surface area contributed by atoms with Crippen LogP contribution in [0.5, 0.6) is 0 Å². The minimum absolute atomic E-state index is 0.0110. The standard InChI is InChI=1S/C13H28N2O/c1-5-7-8-9-10-11(13(14)16)12(6-2)15(3)4/h11-12H,5-10H2,1-4H3,(H2,14,16). The third-order valence-electron chi connectivity index (χ3n) is 3.28. The van der Waals surface area contributed by atoms with E-state index in [1.807, 2.05) is 14.1 Å². The second-order valence-electron chi connectivity index (χ2n) is 4.80. The fraction of sp³-hybridized carbons (Fsp3) is 0.923. The molecule has 16 heavy (non-hydrogen) atoms. The van der Waals surface area contributed by atoms with Crippen LogP contribution in [-0.4, -0.2) is 30.9 Å². The fourth-order valence-electron chi connectivity index (χ4n) is 2.32. The Balaban J connectivity index is 4.20. The predicted molar refractivity (Wildman–Crippen MR) is 69.2 cm³/mol. The van der Waals surface area contributed by atoms with E-state index in [2.05, 4.69) is 18.7 Å². The molecule has 0 radical (unpaired) electrons. The zero-order valence-corrected chi connectivity index (χ0v) is 11.3. The van der Waals surface area contributed by atoms with Crippen LogP contribution in [0.15, 0.2) is 0 Å². The van der Waals surface area contributed by atoms with E-state index in [1.165, 1.54) is 19.3 Å². The lowest BCUT2D eigenvalue weighted by Gasteiger charge is -2.29. The molecule has 0 spiro atoms. The maximum absolute atomic E-state index is 11.5. The average molecular weight is 228 g/mol. The Morgan fingerprint density at radius 3 is 2.19 bits per heavy atom. The van der Waals surface area contributed by atoms with Gasteiger partial charge in [0.15, 0.2) is 0 Å². The summed E-state index contributed by atoms with van der Waals surface area (Å²) in [4.78, 5) is 13.6. The van der Waals surface area contributed by atoms with Gasteiger partial charge in [-0.15, -0.1) is 0 Å². The average Bonchev–Trinajstić information content (AvgIpc) is 2.21. The summed E-state index contributed by atoms with van der Waals surface area (Å²) in [6, 6.07) is 0.291. The van der Waals surface area contributed by atoms with Crippen LogP contribution in [0.4, 0.5) is 0 Å². The van der Waals surface area contributed by atoms with Crippen LogP contribution in [0.2, 0.25) is 0 Å². The van der Waals surface area contributed by atoms with Crippen molar-refractivity contribution in [2.75, 3.05) is 14.1 Å². The van der Waals surface area contributed by atoms with Crippen LogP contribution in [0.25, 0.3) is 0 Å². The highest BCUT2D eigenvalue weighted by Gasteiger charge is 2.26. The summed E-state index contributed by atoms with van der Waals surface area (Å²) in [6.07, 6.45) is 6.73. The molecule has 2 unspecified atom stereocenters. The first-order chi connectivity index (χ1) is 7.54. The van der Waals surface area contributed by atoms with Gasteiger partial charge in [-0.1, -0.05) is 39.5 Å². The van der Waals surface area contributed by atoms with Gasteiger partial charge in [-0.3, -0.25) is 4.79 Å². The summed E-state index contributed by atoms with van der Waals surface area (Å²) in [5.41, 5.74) is 5.50. The molecule has 0 aliphatic carbocycles. The number of hydrogen-bond acceptors (Lipinski definition) is 2. The van der Waals surface area contributed by atoms with Crippen LogP contribution < -0.4 is 5.73 Å². The number of carbonyl (C=O) groups is 1. The normalized spacial score (nSPS) is 15.1. The SMILES string of the molecule is CCCCCCC(C(N)=O)C(CC)N(C)C. The van der Waals surface area contributed by atoms with Crippen LogP contribution in [-0.2, 0) is 4.79 Å². The van der Waals surface area contributed by atoms with Crippen LogP contribution in [0.1, 0.15) is 52.4 Å². The lowest BCUT2D eigenvalue weighted by Crippen LogP contribution is -2.41. The van der Waals surface area contributed by atoms with E-state index in [1.54, 1.807) is 0 Å². The quantitative estimate of drug-likeness (QED) is 0.616. The second-order valence-corrected chi connectivity index (χ2v) is 4.80. The maximum Gasteiger partial charge on any atom is 0.222 e. The number of nitrogens with two attached hydrogens (primary N) is 1. The largest absolute Gasteiger partial charge is 0.369 e. The molecule has 0 saturated heterocycles. The van der Waals surface area contributed by atoms with Gasteiger partial charge in [-0.05, 0) is 26.9 Å². The number of nitrogens with zero attached hydrogens (tertiary/aromatic N) is 1. The molecule has 0 aromatic carbocycles. The van der Waals surface area contributed by atoms with E-state index < -0.39 is 0 Å². The van der Waals surface area contributed by atoms with Crippen molar-refractivity contribution in [1.29, 1.82) is 0 Å². The van der Waals surface area contributed by atoms with Crippen LogP contribution in [0.3, 0.4) is 0 Å². The van der Waals surface area contributed by atoms with Crippen molar-refractivity contribution in [3.05, 3.63) is 0 Å². The first kappa shape index (κ1) is 15.4. The summed E-state index contributed by atoms with van der Waals surface area (Å²) in [5, 5.41) is 0. The van der Waals surface area contributed by atoms with E-state index in [9.17, 15) is 4.79 Å². The maximum atomic E-state index is 11.5. The number of hydrogen-bond donors (Lipinski definition) is 1. The summed E-state index contributed by atoms with van der Waals surface area (Å²) in [5.74, 6) is -0.131. The van der Waals surface area contributed by atoms with Gasteiger partial charge in [0.1, 0.15) is 0 Å². The van der Waals surface area contributed by atoms with Gasteiger partial charge in [-0.2, -0.15) is 0 Å². The van der Waals surface area contributed by atoms with E-state index >= 15 is 0 Å². The van der Waals surface area contributed by atoms with Gasteiger partial charge in [0.25, 0.3) is 0 Å². The molecule has 96 valence electrons. The van der Waals surface area contributed by atoms with Gasteiger partial charge < -0.3 is 10.6 Å². The number of amides is 1. The molecule has 0 aromatic heterocycles. The summed E-state index contributed by atoms with van der Waals surface area (Å²) in [7, 11) is 4.05. The van der Waals surface area contributed by atoms with E-state index in [0.717, 1.165) is 19.3 Å². The van der Waals surface area contributed by atoms with Crippen molar-refractivity contribution < 1.29 is 4.79 Å². The molecule has 2 N–H and O–H groups in total. The molecule has 0 heterocycles. The first-order valence-electron chi connectivity index (χ1n) is 6.50. The van der Waals surface area contributed by atoms with E-state index in [0.29, 0.717) is 6.04 Å². The third-order valence-corrected chi connectivity index (χ3v) is 3.28. The Morgan fingerprint density at radius 1 is 1.19 bits per heavy atom. The highest BCUT2D eigenvalue weighted by molar-refractivity contribution is 5.77. The number of carbonyl (C=O) groups excluding carboxylic acids is 1. The molecular formula is C13H28N2O. The second kappa shape index (κ2) is 8.57. The van der Waals surface area contributed by atoms with E-state index in [4.69, 9.17) is 5.73 Å². The lowest BCUT2D eigenvalue weighted by molar-refractivity contribution is -0.124. The molecule has 0 saturated carbocycles. The van der Waals surface area contributed by atoms with Gasteiger partial charge in [0.2, 0.25) is 5.91 Å². The summed E-state index contributed by atoms with van der Waals surface area (Å²) < 4.78 is 0. The first-order valence-corrected chi connectivity index (χ1v) is 6.50. The zero-order chi connectivity index (χ0) is 12.6. The molecule has 2 atom stereocenters. The Hall–Kier alpha value is -0.570. The van der Waals surface area contributed by atoms with Crippen molar-refractivity contribution in [3.8, 4) is 0 Å². The minimum Gasteiger partial charge on any atom is -0.369 e. The van der Waals surface area contributed by atoms with Gasteiger partial charge in [-0.25, -0.2) is 0 Å². The zero-order valence-electron chi connectivity index (χ0n) is 11.3. The Labute approximate surface area is 100 Å². The Bertz CT molecular complexity index is 192. The topological polar surface area (TPSA) is 46.3 Å². The van der Waals surface area contributed by atoms with Gasteiger partial charge in [0.05, 0.1) is 5.92 Å². The van der Waals surface area contributed by atoms with Gasteiger partial charge in [0, 0.05) is 6.04 Å². The third kappa shape index (κ3) is 5.50. The monoisotopic (exact) mass is 228 g/mol. The summed E-state index contributed by atoms with van der Waals surface area (Å²) in [6.45, 7) is 4.31. The Kier molecular flexibility index (Phi) is 8.26. The fourth-order valence-corrected chi connectivity index (χ4v) is 2.32. The highest BCUT2D eigenvalue weighted by Crippen LogP contribution is 2.19. The van der Waals surface area contributed by atoms with Crippen molar-refractivity contribution in [1.82, 2.24) is 4.90 Å². The molecule has 0 aromatic rings. The molecule has 0 rings (SSSR count). The molecule has 0 fully saturated rings. The smallest absolute Gasteiger partial charge is 0.222 e.